The average molecular weight is 330 g/mol. The van der Waals surface area contributed by atoms with E-state index in [4.69, 9.17) is 0 Å². The van der Waals surface area contributed by atoms with Crippen molar-refractivity contribution in [1.82, 2.24) is 0 Å². The zero-order chi connectivity index (χ0) is 17.2. The topological polar surface area (TPSA) is 67.2 Å². The Balaban J connectivity index is 2.01. The predicted octanol–water partition coefficient (Wildman–Crippen LogP) is 1.35. The van der Waals surface area contributed by atoms with Crippen LogP contribution >= 0.6 is 0 Å². The maximum Gasteiger partial charge on any atom is 0.0889 e. The van der Waals surface area contributed by atoms with Gasteiger partial charge in [0, 0.05) is 37.6 Å². The summed E-state index contributed by atoms with van der Waals surface area (Å²) in [6, 6.07) is 19.5. The van der Waals surface area contributed by atoms with Crippen molar-refractivity contribution in [3.05, 3.63) is 60.7 Å². The predicted molar refractivity (Wildman–Crippen MR) is 97.5 cm³/mol. The van der Waals surface area contributed by atoms with Crippen LogP contribution in [0.25, 0.3) is 0 Å². The van der Waals surface area contributed by atoms with E-state index in [1.807, 2.05) is 70.5 Å². The first kappa shape index (κ1) is 18.3. The minimum absolute atomic E-state index is 0.0284. The summed E-state index contributed by atoms with van der Waals surface area (Å²) in [5, 5.41) is 29.1. The van der Waals surface area contributed by atoms with Crippen LogP contribution in [0.1, 0.15) is 0 Å². The van der Waals surface area contributed by atoms with Crippen LogP contribution in [0.2, 0.25) is 0 Å². The second kappa shape index (κ2) is 9.93. The highest BCUT2D eigenvalue weighted by atomic mass is 16.3. The average Bonchev–Trinajstić information content (AvgIpc) is 2.62. The third-order valence-electron chi connectivity index (χ3n) is 3.84. The summed E-state index contributed by atoms with van der Waals surface area (Å²) >= 11 is 0. The molecule has 2 aromatic carbocycles. The van der Waals surface area contributed by atoms with Crippen molar-refractivity contribution < 1.29 is 15.3 Å². The summed E-state index contributed by atoms with van der Waals surface area (Å²) in [4.78, 5) is 3.93. The molecule has 130 valence electrons. The molecule has 5 heteroatoms. The van der Waals surface area contributed by atoms with E-state index in [1.165, 1.54) is 0 Å². The largest absolute Gasteiger partial charge is 0.395 e. The molecule has 0 amide bonds. The first-order valence-electron chi connectivity index (χ1n) is 8.24. The van der Waals surface area contributed by atoms with Crippen molar-refractivity contribution in [1.29, 1.82) is 0 Å². The fourth-order valence-electron chi connectivity index (χ4n) is 2.74. The molecule has 0 unspecified atom stereocenters. The monoisotopic (exact) mass is 330 g/mol. The zero-order valence-corrected chi connectivity index (χ0v) is 13.8. The third-order valence-corrected chi connectivity index (χ3v) is 3.84. The lowest BCUT2D eigenvalue weighted by Gasteiger charge is -2.31. The molecule has 0 aliphatic rings. The van der Waals surface area contributed by atoms with Crippen LogP contribution in [0.5, 0.6) is 0 Å². The molecule has 0 radical (unpaired) electrons. The van der Waals surface area contributed by atoms with Crippen LogP contribution in [-0.2, 0) is 0 Å². The smallest absolute Gasteiger partial charge is 0.0889 e. The van der Waals surface area contributed by atoms with Gasteiger partial charge >= 0.3 is 0 Å². The lowest BCUT2D eigenvalue weighted by molar-refractivity contribution is 0.180. The second-order valence-electron chi connectivity index (χ2n) is 5.66. The molecule has 0 saturated heterocycles. The number of hydrogen-bond acceptors (Lipinski definition) is 5. The Morgan fingerprint density at radius 1 is 0.667 bits per heavy atom. The molecule has 0 fully saturated rings. The van der Waals surface area contributed by atoms with Crippen molar-refractivity contribution in [2.45, 2.75) is 6.10 Å². The Kier molecular flexibility index (Phi) is 7.55. The highest BCUT2D eigenvalue weighted by Crippen LogP contribution is 2.16. The molecule has 0 saturated carbocycles. The lowest BCUT2D eigenvalue weighted by Crippen LogP contribution is -2.42. The van der Waals surface area contributed by atoms with Crippen molar-refractivity contribution in [3.63, 3.8) is 0 Å². The van der Waals surface area contributed by atoms with E-state index in [-0.39, 0.29) is 13.2 Å². The standard InChI is InChI=1S/C19H26N2O3/c22-13-11-20(17-7-3-1-4-8-17)15-19(24)16-21(12-14-23)18-9-5-2-6-10-18/h1-10,19,22-24H,11-16H2. The number of nitrogens with zero attached hydrogens (tertiary/aromatic N) is 2. The third kappa shape index (κ3) is 5.53. The van der Waals surface area contributed by atoms with Gasteiger partial charge in [0.25, 0.3) is 0 Å². The molecule has 0 heterocycles. The number of benzene rings is 2. The highest BCUT2D eigenvalue weighted by molar-refractivity contribution is 5.47. The van der Waals surface area contributed by atoms with Crippen molar-refractivity contribution in [2.75, 3.05) is 49.2 Å². The van der Waals surface area contributed by atoms with Crippen molar-refractivity contribution in [3.8, 4) is 0 Å². The summed E-state index contributed by atoms with van der Waals surface area (Å²) in [5.41, 5.74) is 1.94. The van der Waals surface area contributed by atoms with E-state index in [2.05, 4.69) is 0 Å². The van der Waals surface area contributed by atoms with Crippen LogP contribution < -0.4 is 9.80 Å². The molecule has 0 aromatic heterocycles. The minimum Gasteiger partial charge on any atom is -0.395 e. The first-order chi connectivity index (χ1) is 11.7. The van der Waals surface area contributed by atoms with Gasteiger partial charge in [0.15, 0.2) is 0 Å². The molecule has 5 nitrogen and oxygen atoms in total. The number of rotatable bonds is 10. The van der Waals surface area contributed by atoms with E-state index in [0.29, 0.717) is 26.2 Å². The molecule has 2 aromatic rings. The molecule has 3 N–H and O–H groups in total. The minimum atomic E-state index is -0.608. The van der Waals surface area contributed by atoms with E-state index >= 15 is 0 Å². The maximum atomic E-state index is 10.5. The first-order valence-corrected chi connectivity index (χ1v) is 8.24. The SMILES string of the molecule is OCCN(CC(O)CN(CCO)c1ccccc1)c1ccccc1. The molecule has 0 aliphatic heterocycles. The lowest BCUT2D eigenvalue weighted by atomic mass is 10.2. The van der Waals surface area contributed by atoms with Gasteiger partial charge in [-0.1, -0.05) is 36.4 Å². The summed E-state index contributed by atoms with van der Waals surface area (Å²) < 4.78 is 0. The normalized spacial score (nSPS) is 10.8. The van der Waals surface area contributed by atoms with Crippen LogP contribution in [0.15, 0.2) is 60.7 Å². The molecule has 0 spiro atoms. The van der Waals surface area contributed by atoms with E-state index in [9.17, 15) is 15.3 Å². The van der Waals surface area contributed by atoms with Gasteiger partial charge in [-0.05, 0) is 24.3 Å². The van der Waals surface area contributed by atoms with Crippen molar-refractivity contribution >= 4 is 11.4 Å². The number of anilines is 2. The summed E-state index contributed by atoms with van der Waals surface area (Å²) in [7, 11) is 0. The number of aliphatic hydroxyl groups is 3. The molecule has 2 rings (SSSR count). The van der Waals surface area contributed by atoms with Gasteiger partial charge in [-0.2, -0.15) is 0 Å². The Morgan fingerprint density at radius 2 is 1.04 bits per heavy atom. The summed E-state index contributed by atoms with van der Waals surface area (Å²) in [6.07, 6.45) is -0.608. The molecule has 0 bridgehead atoms. The van der Waals surface area contributed by atoms with Gasteiger partial charge in [-0.15, -0.1) is 0 Å². The van der Waals surface area contributed by atoms with Gasteiger partial charge < -0.3 is 25.1 Å². The Bertz CT molecular complexity index is 514. The van der Waals surface area contributed by atoms with Gasteiger partial charge in [0.2, 0.25) is 0 Å². The molecular formula is C19H26N2O3. The molecule has 24 heavy (non-hydrogen) atoms. The number of aliphatic hydroxyl groups excluding tert-OH is 3. The van der Waals surface area contributed by atoms with E-state index in [1.54, 1.807) is 0 Å². The molecule has 0 atom stereocenters. The fourth-order valence-corrected chi connectivity index (χ4v) is 2.74. The van der Waals surface area contributed by atoms with E-state index in [0.717, 1.165) is 11.4 Å². The van der Waals surface area contributed by atoms with Gasteiger partial charge in [-0.3, -0.25) is 0 Å². The Hall–Kier alpha value is -2.08. The summed E-state index contributed by atoms with van der Waals surface area (Å²) in [6.45, 7) is 1.82. The Morgan fingerprint density at radius 3 is 1.38 bits per heavy atom. The molecular weight excluding hydrogens is 304 g/mol. The highest BCUT2D eigenvalue weighted by Gasteiger charge is 2.16. The van der Waals surface area contributed by atoms with Crippen LogP contribution in [0.4, 0.5) is 11.4 Å². The quantitative estimate of drug-likeness (QED) is 0.613. The van der Waals surface area contributed by atoms with E-state index < -0.39 is 6.10 Å². The van der Waals surface area contributed by atoms with Gasteiger partial charge in [0.05, 0.1) is 19.3 Å². The summed E-state index contributed by atoms with van der Waals surface area (Å²) in [5.74, 6) is 0. The zero-order valence-electron chi connectivity index (χ0n) is 13.8. The molecule has 0 aliphatic carbocycles. The van der Waals surface area contributed by atoms with Gasteiger partial charge in [0.1, 0.15) is 0 Å². The second-order valence-corrected chi connectivity index (χ2v) is 5.66. The van der Waals surface area contributed by atoms with Gasteiger partial charge in [-0.25, -0.2) is 0 Å². The van der Waals surface area contributed by atoms with Crippen molar-refractivity contribution in [2.24, 2.45) is 0 Å². The number of hydrogen-bond donors (Lipinski definition) is 3. The fraction of sp³-hybridized carbons (Fsp3) is 0.368. The Labute approximate surface area is 143 Å². The maximum absolute atomic E-state index is 10.5. The van der Waals surface area contributed by atoms with Crippen LogP contribution in [0, 0.1) is 0 Å². The van der Waals surface area contributed by atoms with Crippen LogP contribution in [0.3, 0.4) is 0 Å². The van der Waals surface area contributed by atoms with Crippen LogP contribution in [-0.4, -0.2) is 60.8 Å². The number of para-hydroxylation sites is 2.